The van der Waals surface area contributed by atoms with Crippen LogP contribution in [0.3, 0.4) is 0 Å². The fourth-order valence-electron chi connectivity index (χ4n) is 3.12. The molecule has 0 unspecified atom stereocenters. The quantitative estimate of drug-likeness (QED) is 0.809. The Morgan fingerprint density at radius 3 is 2.62 bits per heavy atom. The summed E-state index contributed by atoms with van der Waals surface area (Å²) in [6.07, 6.45) is 2.38. The van der Waals surface area contributed by atoms with Crippen LogP contribution in [0.1, 0.15) is 18.4 Å². The second-order valence-corrected chi connectivity index (χ2v) is 6.24. The lowest BCUT2D eigenvalue weighted by molar-refractivity contribution is 0.249. The van der Waals surface area contributed by atoms with Gasteiger partial charge in [-0.15, -0.1) is 11.6 Å². The molecule has 1 aromatic carbocycles. The van der Waals surface area contributed by atoms with Gasteiger partial charge in [0.2, 0.25) is 0 Å². The lowest BCUT2D eigenvalue weighted by atomic mass is 10.0. The molecule has 21 heavy (non-hydrogen) atoms. The molecule has 4 heteroatoms. The van der Waals surface area contributed by atoms with E-state index in [1.54, 1.807) is 0 Å². The number of hydrogen-bond donors (Lipinski definition) is 0. The van der Waals surface area contributed by atoms with Gasteiger partial charge in [-0.05, 0) is 44.6 Å². The average Bonchev–Trinajstić information content (AvgIpc) is 2.53. The predicted molar refractivity (Wildman–Crippen MR) is 90.2 cm³/mol. The van der Waals surface area contributed by atoms with E-state index >= 15 is 0 Å². The van der Waals surface area contributed by atoms with Crippen LogP contribution in [0.5, 0.6) is 0 Å². The highest BCUT2D eigenvalue weighted by Crippen LogP contribution is 2.26. The van der Waals surface area contributed by atoms with E-state index in [2.05, 4.69) is 42.1 Å². The zero-order valence-electron chi connectivity index (χ0n) is 12.7. The van der Waals surface area contributed by atoms with Crippen molar-refractivity contribution in [2.75, 3.05) is 32.1 Å². The van der Waals surface area contributed by atoms with Gasteiger partial charge in [-0.1, -0.05) is 18.2 Å². The molecule has 2 aromatic rings. The van der Waals surface area contributed by atoms with Crippen LogP contribution in [0.25, 0.3) is 10.9 Å². The Labute approximate surface area is 131 Å². The molecule has 0 aliphatic carbocycles. The molecule has 1 aromatic heterocycles. The van der Waals surface area contributed by atoms with Gasteiger partial charge in [0.25, 0.3) is 0 Å². The monoisotopic (exact) mass is 303 g/mol. The van der Waals surface area contributed by atoms with Crippen molar-refractivity contribution in [1.82, 2.24) is 9.88 Å². The molecule has 0 spiro atoms. The van der Waals surface area contributed by atoms with Gasteiger partial charge < -0.3 is 9.80 Å². The number of pyridine rings is 1. The van der Waals surface area contributed by atoms with Crippen LogP contribution in [0.4, 0.5) is 5.82 Å². The van der Waals surface area contributed by atoms with E-state index in [1.807, 2.05) is 12.1 Å². The molecule has 1 aliphatic heterocycles. The van der Waals surface area contributed by atoms with Crippen LogP contribution in [-0.4, -0.2) is 43.1 Å². The summed E-state index contributed by atoms with van der Waals surface area (Å²) in [6.45, 7) is 2.13. The van der Waals surface area contributed by atoms with Gasteiger partial charge >= 0.3 is 0 Å². The summed E-state index contributed by atoms with van der Waals surface area (Å²) < 4.78 is 0. The third kappa shape index (κ3) is 2.99. The number of aromatic nitrogens is 1. The summed E-state index contributed by atoms with van der Waals surface area (Å²) in [7, 11) is 4.33. The summed E-state index contributed by atoms with van der Waals surface area (Å²) in [5.41, 5.74) is 2.22. The van der Waals surface area contributed by atoms with Crippen molar-refractivity contribution in [3.8, 4) is 0 Å². The average molecular weight is 304 g/mol. The minimum absolute atomic E-state index is 0.532. The molecule has 0 N–H and O–H groups in total. The third-order valence-electron chi connectivity index (χ3n) is 4.45. The largest absolute Gasteiger partial charge is 0.356 e. The van der Waals surface area contributed by atoms with Gasteiger partial charge in [0.05, 0.1) is 5.52 Å². The number of halogens is 1. The zero-order chi connectivity index (χ0) is 14.8. The van der Waals surface area contributed by atoms with E-state index in [9.17, 15) is 0 Å². The van der Waals surface area contributed by atoms with Crippen molar-refractivity contribution in [2.24, 2.45) is 0 Å². The van der Waals surface area contributed by atoms with E-state index < -0.39 is 0 Å². The molecule has 1 fully saturated rings. The van der Waals surface area contributed by atoms with Crippen LogP contribution in [0.2, 0.25) is 0 Å². The van der Waals surface area contributed by atoms with Crippen molar-refractivity contribution in [2.45, 2.75) is 24.8 Å². The first kappa shape index (κ1) is 14.6. The summed E-state index contributed by atoms with van der Waals surface area (Å²) in [4.78, 5) is 9.55. The Morgan fingerprint density at radius 2 is 1.95 bits per heavy atom. The number of nitrogens with zero attached hydrogens (tertiary/aromatic N) is 3. The summed E-state index contributed by atoms with van der Waals surface area (Å²) >= 11 is 6.13. The molecule has 0 bridgehead atoms. The lowest BCUT2D eigenvalue weighted by Gasteiger charge is -2.36. The van der Waals surface area contributed by atoms with Gasteiger partial charge in [0.15, 0.2) is 0 Å². The van der Waals surface area contributed by atoms with Crippen LogP contribution < -0.4 is 4.90 Å². The predicted octanol–water partition coefficient (Wildman–Crippen LogP) is 3.50. The molecular formula is C17H22ClN3. The highest BCUT2D eigenvalue weighted by Gasteiger charge is 2.22. The summed E-state index contributed by atoms with van der Waals surface area (Å²) in [5, 5.41) is 1.17. The van der Waals surface area contributed by atoms with Gasteiger partial charge in [-0.2, -0.15) is 0 Å². The minimum Gasteiger partial charge on any atom is -0.356 e. The number of benzene rings is 1. The van der Waals surface area contributed by atoms with E-state index in [4.69, 9.17) is 16.6 Å². The Bertz CT molecular complexity index is 618. The molecule has 0 atom stereocenters. The second kappa shape index (κ2) is 6.20. The number of para-hydroxylation sites is 1. The molecule has 0 amide bonds. The molecule has 112 valence electrons. The van der Waals surface area contributed by atoms with E-state index in [-0.39, 0.29) is 0 Å². The fourth-order valence-corrected chi connectivity index (χ4v) is 3.34. The van der Waals surface area contributed by atoms with E-state index in [0.717, 1.165) is 24.4 Å². The maximum Gasteiger partial charge on any atom is 0.129 e. The number of rotatable bonds is 3. The van der Waals surface area contributed by atoms with Crippen molar-refractivity contribution < 1.29 is 0 Å². The molecule has 1 aliphatic rings. The van der Waals surface area contributed by atoms with Gasteiger partial charge in [-0.3, -0.25) is 0 Å². The normalized spacial score (nSPS) is 16.9. The van der Waals surface area contributed by atoms with Gasteiger partial charge in [-0.25, -0.2) is 4.98 Å². The first-order valence-electron chi connectivity index (χ1n) is 7.55. The molecule has 0 saturated carbocycles. The number of hydrogen-bond acceptors (Lipinski definition) is 3. The van der Waals surface area contributed by atoms with Crippen LogP contribution in [-0.2, 0) is 5.88 Å². The highest BCUT2D eigenvalue weighted by molar-refractivity contribution is 6.18. The van der Waals surface area contributed by atoms with Gasteiger partial charge in [0, 0.05) is 30.4 Å². The topological polar surface area (TPSA) is 19.4 Å². The van der Waals surface area contributed by atoms with Gasteiger partial charge in [0.1, 0.15) is 5.82 Å². The molecule has 3 rings (SSSR count). The summed E-state index contributed by atoms with van der Waals surface area (Å²) in [5.74, 6) is 1.60. The Morgan fingerprint density at radius 1 is 1.24 bits per heavy atom. The molecule has 2 heterocycles. The zero-order valence-corrected chi connectivity index (χ0v) is 13.5. The Hall–Kier alpha value is -1.32. The minimum atomic E-state index is 0.532. The maximum absolute atomic E-state index is 6.13. The number of alkyl halides is 1. The number of piperidine rings is 1. The van der Waals surface area contributed by atoms with Crippen molar-refractivity contribution in [3.05, 3.63) is 35.9 Å². The lowest BCUT2D eigenvalue weighted by Crippen LogP contribution is -2.42. The van der Waals surface area contributed by atoms with Crippen molar-refractivity contribution in [1.29, 1.82) is 0 Å². The smallest absolute Gasteiger partial charge is 0.129 e. The number of fused-ring (bicyclic) bond motifs is 1. The third-order valence-corrected chi connectivity index (χ3v) is 4.74. The highest BCUT2D eigenvalue weighted by atomic mass is 35.5. The first-order chi connectivity index (χ1) is 10.2. The Kier molecular flexibility index (Phi) is 4.32. The first-order valence-corrected chi connectivity index (χ1v) is 8.08. The van der Waals surface area contributed by atoms with Crippen molar-refractivity contribution >= 4 is 28.3 Å². The molecule has 3 nitrogen and oxygen atoms in total. The van der Waals surface area contributed by atoms with E-state index in [0.29, 0.717) is 11.9 Å². The SMILES string of the molecule is CN(C)C1CCN(c2cc(CCl)c3ccccc3n2)CC1. The molecule has 1 saturated heterocycles. The Balaban J connectivity index is 1.88. The molecule has 0 radical (unpaired) electrons. The fraction of sp³-hybridized carbons (Fsp3) is 0.471. The maximum atomic E-state index is 6.13. The number of anilines is 1. The standard InChI is InChI=1S/C17H22ClN3/c1-20(2)14-7-9-21(10-8-14)17-11-13(12-18)15-5-3-4-6-16(15)19-17/h3-6,11,14H,7-10,12H2,1-2H3. The summed E-state index contributed by atoms with van der Waals surface area (Å²) in [6, 6.07) is 11.1. The van der Waals surface area contributed by atoms with Crippen LogP contribution in [0, 0.1) is 0 Å². The van der Waals surface area contributed by atoms with Crippen LogP contribution >= 0.6 is 11.6 Å². The second-order valence-electron chi connectivity index (χ2n) is 5.97. The van der Waals surface area contributed by atoms with Crippen molar-refractivity contribution in [3.63, 3.8) is 0 Å². The van der Waals surface area contributed by atoms with Crippen LogP contribution in [0.15, 0.2) is 30.3 Å². The van der Waals surface area contributed by atoms with E-state index in [1.165, 1.54) is 23.8 Å². The molecular weight excluding hydrogens is 282 g/mol.